The molecule has 3 heterocycles. The molecule has 2 saturated heterocycles. The van der Waals surface area contributed by atoms with Gasteiger partial charge in [0.1, 0.15) is 30.7 Å². The lowest BCUT2D eigenvalue weighted by molar-refractivity contribution is -0.161. The largest absolute Gasteiger partial charge is 0.481 e. The molecule has 21 heteroatoms. The molecule has 0 aliphatic carbocycles. The Kier molecular flexibility index (Phi) is 33.6. The highest BCUT2D eigenvalue weighted by molar-refractivity contribution is 7.61. The number of carbonyl (C=O) groups excluding carboxylic acids is 2. The number of anilines is 1. The van der Waals surface area contributed by atoms with E-state index in [1.807, 2.05) is 0 Å². The molecule has 9 atom stereocenters. The number of phosphoric ester groups is 2. The van der Waals surface area contributed by atoms with Crippen LogP contribution in [0.2, 0.25) is 0 Å². The maximum absolute atomic E-state index is 12.9. The van der Waals surface area contributed by atoms with Crippen LogP contribution in [-0.4, -0.2) is 97.9 Å². The summed E-state index contributed by atoms with van der Waals surface area (Å²) in [5.41, 5.74) is 4.59. The van der Waals surface area contributed by atoms with Gasteiger partial charge in [-0.3, -0.25) is 23.2 Å². The molecule has 1 aromatic rings. The first-order valence-corrected chi connectivity index (χ1v) is 30.3. The van der Waals surface area contributed by atoms with Crippen molar-refractivity contribution in [3.8, 4) is 0 Å². The first-order valence-electron chi connectivity index (χ1n) is 27.3. The normalized spacial score (nSPS) is 22.0. The minimum atomic E-state index is -5.44. The molecule has 6 N–H and O–H groups in total. The zero-order valence-electron chi connectivity index (χ0n) is 44.1. The summed E-state index contributed by atoms with van der Waals surface area (Å²) in [4.78, 5) is 62.1. The topological polar surface area (TPSA) is 278 Å². The van der Waals surface area contributed by atoms with E-state index in [9.17, 15) is 43.5 Å². The van der Waals surface area contributed by atoms with Crippen molar-refractivity contribution in [2.75, 3.05) is 25.6 Å². The van der Waals surface area contributed by atoms with E-state index < -0.39 is 83.7 Å². The van der Waals surface area contributed by atoms with Gasteiger partial charge in [0.05, 0.1) is 25.4 Å². The van der Waals surface area contributed by atoms with E-state index in [1.54, 1.807) is 0 Å². The average molecular weight is 1090 g/mol. The summed E-state index contributed by atoms with van der Waals surface area (Å²) < 4.78 is 62.7. The number of esters is 2. The number of carbonyl (C=O) groups is 2. The van der Waals surface area contributed by atoms with E-state index in [1.165, 1.54) is 51.0 Å². The van der Waals surface area contributed by atoms with E-state index >= 15 is 0 Å². The van der Waals surface area contributed by atoms with Crippen molar-refractivity contribution in [2.45, 2.75) is 230 Å². The van der Waals surface area contributed by atoms with Crippen molar-refractivity contribution < 1.29 is 71.0 Å². The van der Waals surface area contributed by atoms with Gasteiger partial charge >= 0.3 is 33.3 Å². The van der Waals surface area contributed by atoms with Crippen molar-refractivity contribution in [3.05, 3.63) is 71.4 Å². The van der Waals surface area contributed by atoms with Crippen molar-refractivity contribution in [1.29, 1.82) is 0 Å². The minimum Gasteiger partial charge on any atom is -0.462 e. The number of aliphatic hydroxyl groups is 2. The number of hydrogen-bond donors (Lipinski definition) is 5. The molecule has 0 aromatic carbocycles. The quantitative estimate of drug-likeness (QED) is 0.0133. The van der Waals surface area contributed by atoms with Gasteiger partial charge in [0.2, 0.25) is 0 Å². The van der Waals surface area contributed by atoms with E-state index in [-0.39, 0.29) is 18.7 Å². The molecule has 4 unspecified atom stereocenters. The van der Waals surface area contributed by atoms with Crippen molar-refractivity contribution in [2.24, 2.45) is 0 Å². The number of nitrogens with zero attached hydrogens (tertiary/aromatic N) is 2. The number of hydrogen-bond acceptors (Lipinski definition) is 16. The van der Waals surface area contributed by atoms with E-state index in [4.69, 9.17) is 33.7 Å². The highest BCUT2D eigenvalue weighted by Gasteiger charge is 2.46. The van der Waals surface area contributed by atoms with Gasteiger partial charge in [-0.25, -0.2) is 13.9 Å². The number of aromatic nitrogens is 2. The summed E-state index contributed by atoms with van der Waals surface area (Å²) in [6.07, 6.45) is 37.6. The number of rotatable bonds is 44. The van der Waals surface area contributed by atoms with E-state index in [2.05, 4.69) is 71.8 Å². The first-order chi connectivity index (χ1) is 35.6. The molecule has 2 fully saturated rings. The molecule has 0 amide bonds. The van der Waals surface area contributed by atoms with Crippen LogP contribution < -0.4 is 11.4 Å². The summed E-state index contributed by atoms with van der Waals surface area (Å²) >= 11 is 0. The fourth-order valence-corrected chi connectivity index (χ4v) is 10.3. The minimum absolute atomic E-state index is 0.0280. The molecule has 0 spiro atoms. The molecule has 422 valence electrons. The highest BCUT2D eigenvalue weighted by atomic mass is 31.3. The van der Waals surface area contributed by atoms with Crippen LogP contribution in [0.25, 0.3) is 0 Å². The Balaban J connectivity index is 1.38. The molecule has 0 saturated carbocycles. The lowest BCUT2D eigenvalue weighted by Gasteiger charge is -2.21. The Morgan fingerprint density at radius 2 is 1.22 bits per heavy atom. The van der Waals surface area contributed by atoms with Gasteiger partial charge < -0.3 is 44.7 Å². The van der Waals surface area contributed by atoms with Crippen LogP contribution >= 0.6 is 15.6 Å². The third-order valence-corrected chi connectivity index (χ3v) is 15.2. The fourth-order valence-electron chi connectivity index (χ4n) is 8.21. The number of allylic oxidation sites excluding steroid dienone is 7. The van der Waals surface area contributed by atoms with Crippen LogP contribution in [0.4, 0.5) is 5.82 Å². The summed E-state index contributed by atoms with van der Waals surface area (Å²) in [5.74, 6) is -1.33. The second-order valence-electron chi connectivity index (χ2n) is 19.1. The molecular weight excluding hydrogens is 997 g/mol. The highest BCUT2D eigenvalue weighted by Crippen LogP contribution is 2.60. The zero-order chi connectivity index (χ0) is 53.9. The summed E-state index contributed by atoms with van der Waals surface area (Å²) in [6, 6.07) is 1.25. The number of phosphoric acid groups is 2. The summed E-state index contributed by atoms with van der Waals surface area (Å²) in [7, 11) is -10.9. The number of epoxide rings is 1. The van der Waals surface area contributed by atoms with E-state index in [0.717, 1.165) is 113 Å². The van der Waals surface area contributed by atoms with Gasteiger partial charge in [0.25, 0.3) is 0 Å². The monoisotopic (exact) mass is 1090 g/mol. The molecule has 1 aromatic heterocycles. The molecule has 0 radical (unpaired) electrons. The molecule has 19 nitrogen and oxygen atoms in total. The fraction of sp³-hybridized carbons (Fsp3) is 0.736. The standard InChI is InChI=1S/C53H89N3O16P2/c1-3-5-7-9-11-12-13-14-15-16-17-18-19-20-21-22-23-24-28-33-37-49(58)69-43(40-66-48(57)36-32-29-25-27-31-35-45-44(70-45)34-30-26-10-8-6-4-2)41-67-73(62,63)72-74(64,65)68-42-46-50(59)51(60)52(71-46)56-39-38-47(54)55-53(56)61/h12-13,15-16,18-19,26,30,38-39,43-46,50-52,59-60H,3-11,14,17,20-25,27-29,31-37,40-42H2,1-2H3,(H,62,63)(H,64,65)(H2,54,55,61)/b13-12-,16-15-,19-18-,30-26-/t43-,44?,45?,46-,50-,51-,52-/m1/s1. The molecule has 2 aliphatic rings. The predicted octanol–water partition coefficient (Wildman–Crippen LogP) is 10.7. The van der Waals surface area contributed by atoms with E-state index in [0.29, 0.717) is 25.0 Å². The molecule has 0 bridgehead atoms. The number of aliphatic hydroxyl groups excluding tert-OH is 2. The van der Waals surface area contributed by atoms with Crippen LogP contribution in [0.1, 0.15) is 193 Å². The number of ether oxygens (including phenoxy) is 4. The third-order valence-electron chi connectivity index (χ3n) is 12.6. The maximum Gasteiger partial charge on any atom is 0.481 e. The second-order valence-corrected chi connectivity index (χ2v) is 22.2. The van der Waals surface area contributed by atoms with Crippen LogP contribution in [0.3, 0.4) is 0 Å². The van der Waals surface area contributed by atoms with Crippen LogP contribution in [0.15, 0.2) is 65.7 Å². The third kappa shape index (κ3) is 29.8. The van der Waals surface area contributed by atoms with Crippen molar-refractivity contribution in [3.63, 3.8) is 0 Å². The Hall–Kier alpha value is -3.32. The Labute approximate surface area is 439 Å². The molecular formula is C53H89N3O16P2. The second kappa shape index (κ2) is 38.3. The molecule has 2 aliphatic heterocycles. The van der Waals surface area contributed by atoms with Crippen LogP contribution in [0.5, 0.6) is 0 Å². The SMILES string of the molecule is CCCCC/C=C\CC1OC1CCCCCCCC(=O)OC[C@H](COP(=O)(O)OP(=O)(O)OC[C@H]1O[C@@H](n2ccc(N)nc2=O)[C@H](O)[C@@H]1O)OC(=O)CCCCCCCC/C=C\C/C=C\C/C=C\CCCCCC. The molecule has 74 heavy (non-hydrogen) atoms. The van der Waals surface area contributed by atoms with Gasteiger partial charge in [-0.1, -0.05) is 146 Å². The van der Waals surface area contributed by atoms with Gasteiger partial charge in [-0.2, -0.15) is 9.29 Å². The number of unbranched alkanes of at least 4 members (excludes halogenated alkanes) is 17. The van der Waals surface area contributed by atoms with Crippen LogP contribution in [-0.2, 0) is 51.0 Å². The predicted molar refractivity (Wildman–Crippen MR) is 284 cm³/mol. The summed E-state index contributed by atoms with van der Waals surface area (Å²) in [5, 5.41) is 20.9. The lowest BCUT2D eigenvalue weighted by Crippen LogP contribution is -2.36. The lowest BCUT2D eigenvalue weighted by atomic mass is 10.1. The smallest absolute Gasteiger partial charge is 0.462 e. The van der Waals surface area contributed by atoms with Gasteiger partial charge in [-0.15, -0.1) is 0 Å². The van der Waals surface area contributed by atoms with Crippen molar-refractivity contribution in [1.82, 2.24) is 9.55 Å². The summed E-state index contributed by atoms with van der Waals surface area (Å²) in [6.45, 7) is 2.09. The number of nitrogen functional groups attached to an aromatic ring is 1. The Bertz CT molecular complexity index is 2000. The van der Waals surface area contributed by atoms with Gasteiger partial charge in [-0.05, 0) is 83.1 Å². The Morgan fingerprint density at radius 1 is 0.676 bits per heavy atom. The van der Waals surface area contributed by atoms with Gasteiger partial charge in [0, 0.05) is 19.0 Å². The van der Waals surface area contributed by atoms with Crippen LogP contribution in [0, 0.1) is 0 Å². The zero-order valence-corrected chi connectivity index (χ0v) is 45.9. The number of nitrogens with two attached hydrogens (primary N) is 1. The Morgan fingerprint density at radius 3 is 1.86 bits per heavy atom. The molecule has 3 rings (SSSR count). The van der Waals surface area contributed by atoms with Gasteiger partial charge in [0.15, 0.2) is 12.3 Å². The average Bonchev–Trinajstić information content (AvgIpc) is 4.05. The first kappa shape index (κ1) is 65.0. The van der Waals surface area contributed by atoms with Crippen molar-refractivity contribution >= 4 is 33.4 Å². The maximum atomic E-state index is 12.9.